The molecule has 7 nitrogen and oxygen atoms in total. The fraction of sp³-hybridized carbons (Fsp3) is 0.474. The minimum absolute atomic E-state index is 0.0469. The molecule has 9 heteroatoms. The second kappa shape index (κ2) is 9.34. The summed E-state index contributed by atoms with van der Waals surface area (Å²) in [7, 11) is 0. The molecule has 0 saturated heterocycles. The summed E-state index contributed by atoms with van der Waals surface area (Å²) in [6.45, 7) is 9.53. The highest BCUT2D eigenvalue weighted by Crippen LogP contribution is 2.27. The Kier molecular flexibility index (Phi) is 7.37. The molecule has 3 amide bonds. The van der Waals surface area contributed by atoms with Crippen molar-refractivity contribution in [2.75, 3.05) is 5.32 Å². The number of nitrogens with one attached hydrogen (secondary N) is 3. The van der Waals surface area contributed by atoms with E-state index < -0.39 is 11.6 Å². The summed E-state index contributed by atoms with van der Waals surface area (Å²) < 4.78 is 0. The van der Waals surface area contributed by atoms with E-state index in [0.29, 0.717) is 15.2 Å². The number of hydrogen-bond donors (Lipinski definition) is 3. The van der Waals surface area contributed by atoms with Crippen molar-refractivity contribution in [1.82, 2.24) is 20.8 Å². The van der Waals surface area contributed by atoms with Gasteiger partial charge in [-0.15, -0.1) is 10.2 Å². The minimum atomic E-state index is -0.685. The molecule has 0 fully saturated rings. The van der Waals surface area contributed by atoms with Crippen LogP contribution >= 0.6 is 22.9 Å². The van der Waals surface area contributed by atoms with Crippen molar-refractivity contribution in [2.45, 2.75) is 52.6 Å². The predicted molar refractivity (Wildman–Crippen MR) is 114 cm³/mol. The Hall–Kier alpha value is -2.19. The van der Waals surface area contributed by atoms with Gasteiger partial charge in [-0.3, -0.25) is 10.1 Å². The molecule has 0 radical (unpaired) electrons. The van der Waals surface area contributed by atoms with Gasteiger partial charge in [-0.2, -0.15) is 0 Å². The fourth-order valence-corrected chi connectivity index (χ4v) is 3.26. The lowest BCUT2D eigenvalue weighted by Gasteiger charge is -2.26. The molecule has 1 aromatic carbocycles. The number of hydrogen-bond acceptors (Lipinski definition) is 5. The number of aromatic nitrogens is 2. The van der Waals surface area contributed by atoms with Crippen LogP contribution in [0.5, 0.6) is 0 Å². The fourth-order valence-electron chi connectivity index (χ4n) is 2.39. The standard InChI is InChI=1S/C19H26ClN5O2S/c1-6-11(2)14(21-17(27)23-19(3,4)5)15(26)22-18-25-24-16(28-18)12-7-9-13(20)10-8-12/h7-11,14H,6H2,1-5H3,(H2,21,23,27)(H,22,25,26). The van der Waals surface area contributed by atoms with Crippen LogP contribution in [0.4, 0.5) is 9.93 Å². The average Bonchev–Trinajstić information content (AvgIpc) is 3.06. The molecule has 0 aliphatic carbocycles. The monoisotopic (exact) mass is 423 g/mol. The summed E-state index contributed by atoms with van der Waals surface area (Å²) >= 11 is 7.16. The number of carbonyl (C=O) groups is 2. The molecule has 1 aromatic heterocycles. The highest BCUT2D eigenvalue weighted by Gasteiger charge is 2.28. The van der Waals surface area contributed by atoms with Crippen molar-refractivity contribution in [3.05, 3.63) is 29.3 Å². The van der Waals surface area contributed by atoms with Gasteiger partial charge >= 0.3 is 6.03 Å². The number of amides is 3. The molecular weight excluding hydrogens is 398 g/mol. The van der Waals surface area contributed by atoms with E-state index in [-0.39, 0.29) is 17.9 Å². The molecule has 2 atom stereocenters. The van der Waals surface area contributed by atoms with Crippen molar-refractivity contribution in [3.63, 3.8) is 0 Å². The van der Waals surface area contributed by atoms with Crippen LogP contribution in [0, 0.1) is 5.92 Å². The van der Waals surface area contributed by atoms with Crippen LogP contribution in [0.25, 0.3) is 10.6 Å². The lowest BCUT2D eigenvalue weighted by Crippen LogP contribution is -2.54. The topological polar surface area (TPSA) is 96.0 Å². The quantitative estimate of drug-likeness (QED) is 0.645. The molecule has 2 aromatic rings. The zero-order chi connectivity index (χ0) is 20.9. The third-order valence-corrected chi connectivity index (χ3v) is 5.16. The Morgan fingerprint density at radius 2 is 1.82 bits per heavy atom. The Bertz CT molecular complexity index is 816. The molecule has 0 saturated carbocycles. The molecule has 2 rings (SSSR count). The van der Waals surface area contributed by atoms with Gasteiger partial charge in [0.25, 0.3) is 0 Å². The molecule has 3 N–H and O–H groups in total. The molecule has 0 spiro atoms. The van der Waals surface area contributed by atoms with Gasteiger partial charge in [0.2, 0.25) is 11.0 Å². The molecule has 0 aliphatic rings. The summed E-state index contributed by atoms with van der Waals surface area (Å²) in [6.07, 6.45) is 0.736. The molecule has 152 valence electrons. The Morgan fingerprint density at radius 3 is 2.39 bits per heavy atom. The van der Waals surface area contributed by atoms with E-state index in [4.69, 9.17) is 11.6 Å². The maximum absolute atomic E-state index is 12.8. The first-order valence-corrected chi connectivity index (χ1v) is 10.3. The van der Waals surface area contributed by atoms with Crippen LogP contribution in [0.1, 0.15) is 41.0 Å². The summed E-state index contributed by atoms with van der Waals surface area (Å²) in [4.78, 5) is 25.0. The Balaban J connectivity index is 2.08. The summed E-state index contributed by atoms with van der Waals surface area (Å²) in [6, 6.07) is 6.16. The van der Waals surface area contributed by atoms with Gasteiger partial charge in [0.05, 0.1) is 0 Å². The number of halogens is 1. The van der Waals surface area contributed by atoms with Gasteiger partial charge in [-0.05, 0) is 38.8 Å². The third-order valence-electron chi connectivity index (χ3n) is 4.02. The number of benzene rings is 1. The zero-order valence-electron chi connectivity index (χ0n) is 16.7. The normalized spacial score (nSPS) is 13.5. The van der Waals surface area contributed by atoms with E-state index in [1.54, 1.807) is 12.1 Å². The van der Waals surface area contributed by atoms with Gasteiger partial charge in [0, 0.05) is 16.1 Å². The number of urea groups is 1. The Labute approximate surface area is 174 Å². The van der Waals surface area contributed by atoms with Gasteiger partial charge < -0.3 is 10.6 Å². The van der Waals surface area contributed by atoms with Crippen LogP contribution < -0.4 is 16.0 Å². The van der Waals surface area contributed by atoms with Gasteiger partial charge in [-0.1, -0.05) is 55.3 Å². The molecular formula is C19H26ClN5O2S. The zero-order valence-corrected chi connectivity index (χ0v) is 18.2. The largest absolute Gasteiger partial charge is 0.334 e. The minimum Gasteiger partial charge on any atom is -0.334 e. The van der Waals surface area contributed by atoms with E-state index in [2.05, 4.69) is 26.1 Å². The molecule has 0 aliphatic heterocycles. The molecule has 2 unspecified atom stereocenters. The lowest BCUT2D eigenvalue weighted by atomic mass is 9.98. The number of carbonyl (C=O) groups excluding carboxylic acids is 2. The van der Waals surface area contributed by atoms with Gasteiger partial charge in [0.1, 0.15) is 11.0 Å². The van der Waals surface area contributed by atoms with E-state index in [1.807, 2.05) is 46.8 Å². The number of nitrogens with zero attached hydrogens (tertiary/aromatic N) is 2. The first-order chi connectivity index (χ1) is 13.1. The second-order valence-corrected chi connectivity index (χ2v) is 9.03. The van der Waals surface area contributed by atoms with Crippen molar-refractivity contribution >= 4 is 40.0 Å². The summed E-state index contributed by atoms with van der Waals surface area (Å²) in [5.74, 6) is -0.369. The van der Waals surface area contributed by atoms with Crippen molar-refractivity contribution in [3.8, 4) is 10.6 Å². The van der Waals surface area contributed by atoms with E-state index >= 15 is 0 Å². The predicted octanol–water partition coefficient (Wildman–Crippen LogP) is 4.31. The maximum atomic E-state index is 12.8. The first-order valence-electron chi connectivity index (χ1n) is 9.08. The SMILES string of the molecule is CCC(C)C(NC(=O)NC(C)(C)C)C(=O)Nc1nnc(-c2ccc(Cl)cc2)s1. The maximum Gasteiger partial charge on any atom is 0.315 e. The van der Waals surface area contributed by atoms with Crippen molar-refractivity contribution in [1.29, 1.82) is 0 Å². The van der Waals surface area contributed by atoms with Crippen molar-refractivity contribution < 1.29 is 9.59 Å². The highest BCUT2D eigenvalue weighted by atomic mass is 35.5. The Morgan fingerprint density at radius 1 is 1.18 bits per heavy atom. The van der Waals surface area contributed by atoms with Crippen LogP contribution in [0.2, 0.25) is 5.02 Å². The van der Waals surface area contributed by atoms with Crippen LogP contribution in [0.3, 0.4) is 0 Å². The third kappa shape index (κ3) is 6.45. The van der Waals surface area contributed by atoms with E-state index in [0.717, 1.165) is 12.0 Å². The number of anilines is 1. The van der Waals surface area contributed by atoms with Crippen molar-refractivity contribution in [2.24, 2.45) is 5.92 Å². The molecule has 1 heterocycles. The van der Waals surface area contributed by atoms with Gasteiger partial charge in [-0.25, -0.2) is 4.79 Å². The van der Waals surface area contributed by atoms with Crippen LogP contribution in [-0.4, -0.2) is 33.7 Å². The van der Waals surface area contributed by atoms with E-state index in [9.17, 15) is 9.59 Å². The second-order valence-electron chi connectivity index (χ2n) is 7.62. The first kappa shape index (κ1) is 22.1. The lowest BCUT2D eigenvalue weighted by molar-refractivity contribution is -0.119. The molecule has 0 bridgehead atoms. The summed E-state index contributed by atoms with van der Waals surface area (Å²) in [5.41, 5.74) is 0.469. The van der Waals surface area contributed by atoms with Crippen LogP contribution in [-0.2, 0) is 4.79 Å². The average molecular weight is 424 g/mol. The van der Waals surface area contributed by atoms with Gasteiger partial charge in [0.15, 0.2) is 0 Å². The highest BCUT2D eigenvalue weighted by molar-refractivity contribution is 7.18. The van der Waals surface area contributed by atoms with Crippen LogP contribution in [0.15, 0.2) is 24.3 Å². The summed E-state index contributed by atoms with van der Waals surface area (Å²) in [5, 5.41) is 18.2. The van der Waals surface area contributed by atoms with E-state index in [1.165, 1.54) is 11.3 Å². The molecule has 28 heavy (non-hydrogen) atoms. The smallest absolute Gasteiger partial charge is 0.315 e. The number of rotatable bonds is 6.